The number of hydrogen-bond acceptors (Lipinski definition) is 5. The monoisotopic (exact) mass is 513 g/mol. The number of carbonyl (C=O) groups excluding carboxylic acids is 1. The summed E-state index contributed by atoms with van der Waals surface area (Å²) in [6.45, 7) is 9.32. The largest absolute Gasteiger partial charge is 0.426 e. The van der Waals surface area contributed by atoms with Crippen LogP contribution < -0.4 is 9.64 Å². The molecule has 0 spiro atoms. The average Bonchev–Trinajstić information content (AvgIpc) is 2.87. The fourth-order valence-corrected chi connectivity index (χ4v) is 4.18. The Labute approximate surface area is 216 Å². The summed E-state index contributed by atoms with van der Waals surface area (Å²) in [5, 5.41) is 0. The minimum atomic E-state index is -4.39. The predicted octanol–water partition coefficient (Wildman–Crippen LogP) is 7.55. The molecular formula is C29H34F3N3O2. The van der Waals surface area contributed by atoms with Gasteiger partial charge in [0.2, 0.25) is 0 Å². The van der Waals surface area contributed by atoms with Gasteiger partial charge in [-0.05, 0) is 55.5 Å². The normalized spacial score (nSPS) is 11.4. The van der Waals surface area contributed by atoms with E-state index < -0.39 is 11.7 Å². The van der Waals surface area contributed by atoms with Gasteiger partial charge in [-0.2, -0.15) is 13.2 Å². The molecule has 0 bridgehead atoms. The molecule has 5 nitrogen and oxygen atoms in total. The molecule has 8 heteroatoms. The highest BCUT2D eigenvalue weighted by Gasteiger charge is 2.30. The van der Waals surface area contributed by atoms with E-state index in [-0.39, 0.29) is 5.97 Å². The fraction of sp³-hybridized carbons (Fsp3) is 0.414. The van der Waals surface area contributed by atoms with Gasteiger partial charge in [-0.1, -0.05) is 51.5 Å². The minimum absolute atomic E-state index is 0.234. The van der Waals surface area contributed by atoms with Crippen molar-refractivity contribution in [1.82, 2.24) is 9.97 Å². The number of hydrogen-bond donors (Lipinski definition) is 0. The minimum Gasteiger partial charge on any atom is -0.426 e. The Morgan fingerprint density at radius 3 is 2.35 bits per heavy atom. The number of halogens is 3. The van der Waals surface area contributed by atoms with E-state index in [1.165, 1.54) is 18.5 Å². The highest BCUT2D eigenvalue weighted by atomic mass is 19.4. The number of aryl methyl sites for hydroxylation is 1. The van der Waals surface area contributed by atoms with E-state index in [2.05, 4.69) is 27.9 Å². The number of unbranched alkanes of at least 4 members (excludes halogenated alkanes) is 1. The molecule has 0 saturated carbocycles. The van der Waals surface area contributed by atoms with Crippen LogP contribution >= 0.6 is 0 Å². The van der Waals surface area contributed by atoms with Crippen molar-refractivity contribution in [2.24, 2.45) is 0 Å². The second kappa shape index (κ2) is 12.7. The van der Waals surface area contributed by atoms with Gasteiger partial charge < -0.3 is 9.64 Å². The first-order chi connectivity index (χ1) is 17.7. The molecule has 37 heavy (non-hydrogen) atoms. The zero-order valence-electron chi connectivity index (χ0n) is 21.9. The molecule has 1 heterocycles. The number of carbonyl (C=O) groups is 1. The maximum absolute atomic E-state index is 13.0. The molecule has 0 fully saturated rings. The first kappa shape index (κ1) is 28.2. The highest BCUT2D eigenvalue weighted by Crippen LogP contribution is 2.33. The van der Waals surface area contributed by atoms with Gasteiger partial charge in [-0.25, -0.2) is 9.97 Å². The Morgan fingerprint density at radius 1 is 1.00 bits per heavy atom. The maximum atomic E-state index is 13.0. The van der Waals surface area contributed by atoms with Crippen LogP contribution in [0.25, 0.3) is 11.3 Å². The van der Waals surface area contributed by atoms with Crippen molar-refractivity contribution < 1.29 is 22.7 Å². The Morgan fingerprint density at radius 2 is 1.73 bits per heavy atom. The molecule has 0 saturated heterocycles. The summed E-state index contributed by atoms with van der Waals surface area (Å²) in [5.74, 6) is 1.10. The van der Waals surface area contributed by atoms with Gasteiger partial charge in [0.25, 0.3) is 0 Å². The number of ether oxygens (including phenoxy) is 1. The van der Waals surface area contributed by atoms with Crippen molar-refractivity contribution in [1.29, 1.82) is 0 Å². The summed E-state index contributed by atoms with van der Waals surface area (Å²) in [6, 6.07) is 10.9. The lowest BCUT2D eigenvalue weighted by Crippen LogP contribution is -2.26. The van der Waals surface area contributed by atoms with Crippen LogP contribution in [0.4, 0.5) is 19.0 Å². The quantitative estimate of drug-likeness (QED) is 0.196. The van der Waals surface area contributed by atoms with Gasteiger partial charge in [-0.3, -0.25) is 4.79 Å². The maximum Gasteiger partial charge on any atom is 0.416 e. The third-order valence-corrected chi connectivity index (χ3v) is 6.18. The van der Waals surface area contributed by atoms with Crippen molar-refractivity contribution in [3.63, 3.8) is 0 Å². The van der Waals surface area contributed by atoms with Crippen LogP contribution in [0.3, 0.4) is 0 Å². The molecular weight excluding hydrogens is 479 g/mol. The van der Waals surface area contributed by atoms with Gasteiger partial charge in [-0.15, -0.1) is 0 Å². The van der Waals surface area contributed by atoms with Crippen LogP contribution in [0, 0.1) is 6.92 Å². The number of nitrogens with zero attached hydrogens (tertiary/aromatic N) is 3. The highest BCUT2D eigenvalue weighted by molar-refractivity contribution is 5.73. The Bertz CT molecular complexity index is 1190. The number of anilines is 1. The zero-order chi connectivity index (χ0) is 27.0. The molecule has 0 aliphatic rings. The van der Waals surface area contributed by atoms with Gasteiger partial charge in [0.15, 0.2) is 0 Å². The smallest absolute Gasteiger partial charge is 0.416 e. The molecule has 0 aliphatic heterocycles. The fourth-order valence-electron chi connectivity index (χ4n) is 4.18. The van der Waals surface area contributed by atoms with Crippen LogP contribution in [0.5, 0.6) is 5.75 Å². The molecule has 0 amide bonds. The zero-order valence-corrected chi connectivity index (χ0v) is 21.9. The molecule has 0 unspecified atom stereocenters. The number of aromatic nitrogens is 2. The number of alkyl halides is 3. The summed E-state index contributed by atoms with van der Waals surface area (Å²) in [7, 11) is 0. The van der Waals surface area contributed by atoms with Crippen molar-refractivity contribution in [3.05, 3.63) is 71.0 Å². The molecule has 3 aromatic rings. The summed E-state index contributed by atoms with van der Waals surface area (Å²) >= 11 is 0. The van der Waals surface area contributed by atoms with Crippen molar-refractivity contribution >= 4 is 11.8 Å². The molecule has 198 valence electrons. The van der Waals surface area contributed by atoms with Crippen molar-refractivity contribution in [3.8, 4) is 17.0 Å². The third-order valence-electron chi connectivity index (χ3n) is 6.18. The first-order valence-corrected chi connectivity index (χ1v) is 12.7. The third kappa shape index (κ3) is 7.31. The standard InChI is InChI=1S/C29H34F3N3O2/c1-5-8-16-35(18-21-10-15-25(22(7-3)17-21)37-26(36)9-6-2)28-20(4)27(33-19-34-28)23-11-13-24(14-12-23)29(30,31)32/h10-15,17,19H,5-9,16,18H2,1-4H3. The summed E-state index contributed by atoms with van der Waals surface area (Å²) < 4.78 is 44.6. The summed E-state index contributed by atoms with van der Waals surface area (Å²) in [6.07, 6.45) is 0.861. The van der Waals surface area contributed by atoms with E-state index in [0.717, 1.165) is 66.9 Å². The second-order valence-electron chi connectivity index (χ2n) is 9.04. The molecule has 0 radical (unpaired) electrons. The first-order valence-electron chi connectivity index (χ1n) is 12.7. The van der Waals surface area contributed by atoms with Crippen molar-refractivity contribution in [2.75, 3.05) is 11.4 Å². The molecule has 0 atom stereocenters. The van der Waals surface area contributed by atoms with E-state index >= 15 is 0 Å². The number of rotatable bonds is 11. The summed E-state index contributed by atoms with van der Waals surface area (Å²) in [5.41, 5.74) is 3.34. The molecule has 1 aromatic heterocycles. The van der Waals surface area contributed by atoms with Crippen LogP contribution in [-0.4, -0.2) is 22.5 Å². The van der Waals surface area contributed by atoms with Gasteiger partial charge >= 0.3 is 12.1 Å². The number of benzene rings is 2. The van der Waals surface area contributed by atoms with Gasteiger partial charge in [0.1, 0.15) is 17.9 Å². The average molecular weight is 514 g/mol. The molecule has 0 N–H and O–H groups in total. The molecule has 3 rings (SSSR count). The van der Waals surface area contributed by atoms with E-state index in [4.69, 9.17) is 4.74 Å². The van der Waals surface area contributed by atoms with Gasteiger partial charge in [0, 0.05) is 30.6 Å². The lowest BCUT2D eigenvalue weighted by atomic mass is 10.0. The van der Waals surface area contributed by atoms with E-state index in [1.807, 2.05) is 32.9 Å². The molecule has 2 aromatic carbocycles. The van der Waals surface area contributed by atoms with Crippen LogP contribution in [0.15, 0.2) is 48.8 Å². The van der Waals surface area contributed by atoms with E-state index in [9.17, 15) is 18.0 Å². The van der Waals surface area contributed by atoms with E-state index in [1.54, 1.807) is 0 Å². The lowest BCUT2D eigenvalue weighted by molar-refractivity contribution is -0.137. The van der Waals surface area contributed by atoms with Gasteiger partial charge in [0.05, 0.1) is 11.3 Å². The Hall–Kier alpha value is -3.42. The SMILES string of the molecule is CCCCN(Cc1ccc(OC(=O)CCC)c(CC)c1)c1ncnc(-c2ccc(C(F)(F)F)cc2)c1C. The number of esters is 1. The Kier molecular flexibility index (Phi) is 9.66. The van der Waals surface area contributed by atoms with Crippen LogP contribution in [0.1, 0.15) is 68.7 Å². The molecule has 0 aliphatic carbocycles. The predicted molar refractivity (Wildman–Crippen MR) is 140 cm³/mol. The summed E-state index contributed by atoms with van der Waals surface area (Å²) in [4.78, 5) is 23.1. The topological polar surface area (TPSA) is 55.3 Å². The Balaban J connectivity index is 1.91. The van der Waals surface area contributed by atoms with Crippen LogP contribution in [-0.2, 0) is 23.9 Å². The van der Waals surface area contributed by atoms with Crippen molar-refractivity contribution in [2.45, 2.75) is 72.5 Å². The second-order valence-corrected chi connectivity index (χ2v) is 9.04. The lowest BCUT2D eigenvalue weighted by Gasteiger charge is -2.26. The van der Waals surface area contributed by atoms with E-state index in [0.29, 0.717) is 30.0 Å². The van der Waals surface area contributed by atoms with Crippen LogP contribution in [0.2, 0.25) is 0 Å².